The smallest absolute Gasteiger partial charge is 0.376 e. The molecule has 0 aliphatic carbocycles. The van der Waals surface area contributed by atoms with E-state index in [9.17, 15) is 0 Å². The predicted octanol–water partition coefficient (Wildman–Crippen LogP) is 6.10. The molecule has 0 bridgehead atoms. The molecule has 2 saturated heterocycles. The molecule has 2 unspecified atom stereocenters. The molecule has 0 aromatic heterocycles. The molecular formula is C40H88N2O14Si4. The van der Waals surface area contributed by atoms with Gasteiger partial charge in [-0.15, -0.1) is 0 Å². The Balaban J connectivity index is 2.07. The molecule has 2 rings (SSSR count). The Labute approximate surface area is 369 Å². The van der Waals surface area contributed by atoms with Gasteiger partial charge in [0.15, 0.2) is 0 Å². The summed E-state index contributed by atoms with van der Waals surface area (Å²) in [7, 11) is -11.2. The zero-order valence-corrected chi connectivity index (χ0v) is 43.6. The van der Waals surface area contributed by atoms with E-state index in [0.717, 1.165) is 76.0 Å². The second kappa shape index (κ2) is 32.8. The lowest BCUT2D eigenvalue weighted by atomic mass is 10.3. The molecule has 16 nitrogen and oxygen atoms in total. The van der Waals surface area contributed by atoms with Crippen molar-refractivity contribution in [1.29, 1.82) is 0 Å². The van der Waals surface area contributed by atoms with Crippen molar-refractivity contribution in [2.24, 2.45) is 0 Å². The molecule has 0 amide bonds. The van der Waals surface area contributed by atoms with Gasteiger partial charge in [-0.25, -0.2) is 0 Å². The zero-order valence-electron chi connectivity index (χ0n) is 39.6. The molecule has 20 heteroatoms. The van der Waals surface area contributed by atoms with E-state index < -0.39 is 35.2 Å². The molecule has 2 aliphatic heterocycles. The van der Waals surface area contributed by atoms with E-state index in [4.69, 9.17) is 62.6 Å². The Kier molecular flexibility index (Phi) is 30.8. The van der Waals surface area contributed by atoms with Crippen molar-refractivity contribution in [2.45, 2.75) is 131 Å². The summed E-state index contributed by atoms with van der Waals surface area (Å²) >= 11 is 0. The molecule has 0 aromatic carbocycles. The summed E-state index contributed by atoms with van der Waals surface area (Å²) in [6, 6.07) is 3.07. The van der Waals surface area contributed by atoms with Gasteiger partial charge in [-0.3, -0.25) is 0 Å². The molecule has 0 spiro atoms. The summed E-state index contributed by atoms with van der Waals surface area (Å²) < 4.78 is 88.1. The van der Waals surface area contributed by atoms with Gasteiger partial charge in [-0.1, -0.05) is 0 Å². The molecule has 0 N–H and O–H groups in total. The summed E-state index contributed by atoms with van der Waals surface area (Å²) in [6.07, 6.45) is 3.24. The number of hydrogen-bond donors (Lipinski definition) is 0. The number of ether oxygens (including phenoxy) is 2. The van der Waals surface area contributed by atoms with Crippen LogP contribution in [0.1, 0.15) is 94.9 Å². The SMILES string of the molecule is CCO[Si](CCCN1CCC[Si](OCC)(OCC)OC(COCCOCC2CN(CCC[Si](OCC)(OCC)OCC)CCC[Si](OCC)(OCC)O2)C1)(OCC)OCC. The molecule has 2 heterocycles. The molecule has 0 radical (unpaired) electrons. The highest BCUT2D eigenvalue weighted by Gasteiger charge is 2.46. The van der Waals surface area contributed by atoms with Crippen molar-refractivity contribution >= 4 is 35.2 Å². The number of hydrogen-bond acceptors (Lipinski definition) is 16. The Morgan fingerprint density at radius 3 is 1.07 bits per heavy atom. The first-order chi connectivity index (χ1) is 29.1. The third-order valence-corrected chi connectivity index (χ3v) is 22.6. The summed E-state index contributed by atoms with van der Waals surface area (Å²) in [6.45, 7) is 32.3. The Morgan fingerprint density at radius 2 is 0.783 bits per heavy atom. The molecule has 358 valence electrons. The van der Waals surface area contributed by atoms with Gasteiger partial charge in [0.1, 0.15) is 0 Å². The maximum Gasteiger partial charge on any atom is 0.501 e. The van der Waals surface area contributed by atoms with E-state index in [1.807, 2.05) is 69.2 Å². The Hall–Kier alpha value is 0.228. The largest absolute Gasteiger partial charge is 0.501 e. The van der Waals surface area contributed by atoms with E-state index in [1.54, 1.807) is 0 Å². The third-order valence-electron chi connectivity index (χ3n) is 10.1. The minimum absolute atomic E-state index is 0.218. The Bertz CT molecular complexity index is 927. The van der Waals surface area contributed by atoms with Gasteiger partial charge in [-0.05, 0) is 121 Å². The second-order valence-corrected chi connectivity index (χ2v) is 25.5. The fourth-order valence-electron chi connectivity index (χ4n) is 8.05. The van der Waals surface area contributed by atoms with Gasteiger partial charge >= 0.3 is 35.2 Å². The van der Waals surface area contributed by atoms with Crippen LogP contribution in [0.5, 0.6) is 0 Å². The fourth-order valence-corrected chi connectivity index (χ4v) is 18.7. The summed E-state index contributed by atoms with van der Waals surface area (Å²) in [5.41, 5.74) is 0. The molecule has 2 aliphatic rings. The van der Waals surface area contributed by atoms with Gasteiger partial charge in [0.2, 0.25) is 0 Å². The quantitative estimate of drug-likeness (QED) is 0.0535. The van der Waals surface area contributed by atoms with Crippen LogP contribution in [-0.4, -0.2) is 189 Å². The van der Waals surface area contributed by atoms with Crippen LogP contribution in [0.3, 0.4) is 0 Å². The van der Waals surface area contributed by atoms with E-state index >= 15 is 0 Å². The number of nitrogens with zero attached hydrogens (tertiary/aromatic N) is 2. The van der Waals surface area contributed by atoms with Crippen LogP contribution in [0.15, 0.2) is 0 Å². The van der Waals surface area contributed by atoms with E-state index in [2.05, 4.69) is 9.80 Å². The van der Waals surface area contributed by atoms with Crippen LogP contribution in [0.2, 0.25) is 24.2 Å². The molecule has 2 atom stereocenters. The van der Waals surface area contributed by atoms with Crippen molar-refractivity contribution in [2.75, 3.05) is 132 Å². The normalized spacial score (nSPS) is 21.1. The van der Waals surface area contributed by atoms with Crippen molar-refractivity contribution < 1.29 is 62.6 Å². The average molecular weight is 933 g/mol. The first-order valence-corrected chi connectivity index (χ1v) is 31.2. The Morgan fingerprint density at radius 1 is 0.467 bits per heavy atom. The standard InChI is InChI=1S/C40H88N2O14Si4/c1-11-45-57(46-12-2,47-13-3)31-21-25-41-27-23-33-59(51-17-7,52-18-8)55-39(35-41)37-43-29-30-44-38-40-36-42(28-24-34-60(56-40,53-19-9)54-20-10)26-22-32-58(48-14-4,49-15-5)50-16-6/h39-40H,11-38H2,1-10H3. The average Bonchev–Trinajstić information content (AvgIpc) is 3.18. The topological polar surface area (TPSA) is 136 Å². The minimum Gasteiger partial charge on any atom is -0.376 e. The zero-order chi connectivity index (χ0) is 44.0. The first kappa shape index (κ1) is 56.4. The molecule has 0 aromatic rings. The first-order valence-electron chi connectivity index (χ1n) is 23.5. The van der Waals surface area contributed by atoms with Crippen molar-refractivity contribution in [1.82, 2.24) is 9.80 Å². The van der Waals surface area contributed by atoms with Crippen molar-refractivity contribution in [3.8, 4) is 0 Å². The molecule has 60 heavy (non-hydrogen) atoms. The third kappa shape index (κ3) is 21.0. The number of rotatable bonds is 35. The molecular weight excluding hydrogens is 845 g/mol. The van der Waals surface area contributed by atoms with Crippen LogP contribution in [0, 0.1) is 0 Å². The van der Waals surface area contributed by atoms with Crippen molar-refractivity contribution in [3.63, 3.8) is 0 Å². The highest BCUT2D eigenvalue weighted by atomic mass is 28.4. The maximum absolute atomic E-state index is 6.81. The monoisotopic (exact) mass is 933 g/mol. The van der Waals surface area contributed by atoms with Gasteiger partial charge < -0.3 is 72.4 Å². The lowest BCUT2D eigenvalue weighted by Gasteiger charge is -2.38. The van der Waals surface area contributed by atoms with E-state index in [0.29, 0.717) is 106 Å². The highest BCUT2D eigenvalue weighted by molar-refractivity contribution is 6.61. The van der Waals surface area contributed by atoms with Gasteiger partial charge in [0.25, 0.3) is 0 Å². The lowest BCUT2D eigenvalue weighted by molar-refractivity contribution is -0.0563. The highest BCUT2D eigenvalue weighted by Crippen LogP contribution is 2.27. The summed E-state index contributed by atoms with van der Waals surface area (Å²) in [4.78, 5) is 4.92. The fraction of sp³-hybridized carbons (Fsp3) is 1.00. The predicted molar refractivity (Wildman–Crippen MR) is 241 cm³/mol. The van der Waals surface area contributed by atoms with Crippen LogP contribution in [0.25, 0.3) is 0 Å². The van der Waals surface area contributed by atoms with Crippen LogP contribution < -0.4 is 0 Å². The van der Waals surface area contributed by atoms with Gasteiger partial charge in [0, 0.05) is 103 Å². The van der Waals surface area contributed by atoms with Crippen LogP contribution in [0.4, 0.5) is 0 Å². The van der Waals surface area contributed by atoms with Gasteiger partial charge in [0.05, 0.1) is 38.6 Å². The lowest BCUT2D eigenvalue weighted by Crippen LogP contribution is -2.54. The van der Waals surface area contributed by atoms with Crippen molar-refractivity contribution in [3.05, 3.63) is 0 Å². The van der Waals surface area contributed by atoms with Crippen LogP contribution >= 0.6 is 0 Å². The van der Waals surface area contributed by atoms with Crippen LogP contribution in [-0.2, 0) is 62.6 Å². The molecule has 2 fully saturated rings. The second-order valence-electron chi connectivity index (χ2n) is 14.7. The summed E-state index contributed by atoms with van der Waals surface area (Å²) in [5.74, 6) is 0. The van der Waals surface area contributed by atoms with Gasteiger partial charge in [-0.2, -0.15) is 0 Å². The maximum atomic E-state index is 6.81. The minimum atomic E-state index is -2.88. The molecule has 0 saturated carbocycles. The van der Waals surface area contributed by atoms with E-state index in [1.165, 1.54) is 0 Å². The van der Waals surface area contributed by atoms with E-state index in [-0.39, 0.29) is 12.2 Å². The summed E-state index contributed by atoms with van der Waals surface area (Å²) in [5, 5.41) is 0.